The molecule has 0 aliphatic carbocycles. The van der Waals surface area contributed by atoms with E-state index >= 15 is 0 Å². The Hall–Kier alpha value is -1.06. The van der Waals surface area contributed by atoms with Crippen molar-refractivity contribution >= 4 is 5.69 Å². The van der Waals surface area contributed by atoms with E-state index in [4.69, 9.17) is 10.5 Å². The molecule has 1 rings (SSSR count). The first-order valence-electron chi connectivity index (χ1n) is 6.40. The molecule has 96 valence electrons. The van der Waals surface area contributed by atoms with E-state index in [-0.39, 0.29) is 0 Å². The minimum absolute atomic E-state index is 0.801. The summed E-state index contributed by atoms with van der Waals surface area (Å²) in [6.45, 7) is 9.01. The summed E-state index contributed by atoms with van der Waals surface area (Å²) >= 11 is 0. The third kappa shape index (κ3) is 5.71. The molecule has 0 atom stereocenters. The van der Waals surface area contributed by atoms with Crippen molar-refractivity contribution in [2.45, 2.75) is 20.3 Å². The van der Waals surface area contributed by atoms with Crippen LogP contribution in [0.15, 0.2) is 24.3 Å². The molecule has 3 heteroatoms. The van der Waals surface area contributed by atoms with Crippen molar-refractivity contribution in [2.24, 2.45) is 0 Å². The van der Waals surface area contributed by atoms with Gasteiger partial charge in [0, 0.05) is 25.4 Å². The fourth-order valence-corrected chi connectivity index (χ4v) is 1.74. The van der Waals surface area contributed by atoms with Crippen LogP contribution in [0.5, 0.6) is 0 Å². The van der Waals surface area contributed by atoms with Crippen molar-refractivity contribution in [2.75, 3.05) is 38.6 Å². The molecule has 0 amide bonds. The van der Waals surface area contributed by atoms with Crippen molar-refractivity contribution in [1.29, 1.82) is 0 Å². The maximum absolute atomic E-state index is 5.66. The van der Waals surface area contributed by atoms with E-state index in [2.05, 4.69) is 24.0 Å². The molecule has 2 N–H and O–H groups in total. The number of hydrogen-bond donors (Lipinski definition) is 1. The van der Waals surface area contributed by atoms with Gasteiger partial charge in [0.25, 0.3) is 0 Å². The molecule has 0 radical (unpaired) electrons. The number of nitrogen functional groups attached to an aromatic ring is 1. The fourth-order valence-electron chi connectivity index (χ4n) is 1.74. The second-order valence-electron chi connectivity index (χ2n) is 4.12. The quantitative estimate of drug-likeness (QED) is 0.555. The molecule has 0 unspecified atom stereocenters. The van der Waals surface area contributed by atoms with E-state index in [0.29, 0.717) is 0 Å². The zero-order valence-electron chi connectivity index (χ0n) is 11.0. The van der Waals surface area contributed by atoms with Crippen LogP contribution >= 0.6 is 0 Å². The van der Waals surface area contributed by atoms with Crippen molar-refractivity contribution in [3.63, 3.8) is 0 Å². The summed E-state index contributed by atoms with van der Waals surface area (Å²) in [4.78, 5) is 2.41. The summed E-state index contributed by atoms with van der Waals surface area (Å²) in [7, 11) is 0. The van der Waals surface area contributed by atoms with Crippen LogP contribution in [0, 0.1) is 0 Å². The molecule has 17 heavy (non-hydrogen) atoms. The van der Waals surface area contributed by atoms with Crippen molar-refractivity contribution < 1.29 is 4.74 Å². The zero-order valence-corrected chi connectivity index (χ0v) is 11.0. The van der Waals surface area contributed by atoms with Crippen molar-refractivity contribution in [1.82, 2.24) is 4.90 Å². The number of nitrogens with two attached hydrogens (primary N) is 1. The molecule has 0 fully saturated rings. The molecule has 0 saturated carbocycles. The smallest absolute Gasteiger partial charge is 0.0593 e. The van der Waals surface area contributed by atoms with Gasteiger partial charge in [0.05, 0.1) is 6.61 Å². The van der Waals surface area contributed by atoms with Gasteiger partial charge in [-0.25, -0.2) is 0 Å². The fraction of sp³-hybridized carbons (Fsp3) is 0.571. The largest absolute Gasteiger partial charge is 0.399 e. The Labute approximate surface area is 105 Å². The molecule has 1 aromatic carbocycles. The average molecular weight is 236 g/mol. The van der Waals surface area contributed by atoms with Gasteiger partial charge in [-0.1, -0.05) is 19.1 Å². The summed E-state index contributed by atoms with van der Waals surface area (Å²) in [6.07, 6.45) is 1.07. The summed E-state index contributed by atoms with van der Waals surface area (Å²) in [5, 5.41) is 0. The SMILES string of the molecule is CCOCCN(CC)CCc1ccc(N)cc1. The molecular weight excluding hydrogens is 212 g/mol. The molecular formula is C14H24N2O. The lowest BCUT2D eigenvalue weighted by Gasteiger charge is -2.20. The third-order valence-corrected chi connectivity index (χ3v) is 2.90. The van der Waals surface area contributed by atoms with E-state index in [1.807, 2.05) is 19.1 Å². The number of nitrogens with zero attached hydrogens (tertiary/aromatic N) is 1. The van der Waals surface area contributed by atoms with Crippen LogP contribution in [0.3, 0.4) is 0 Å². The minimum Gasteiger partial charge on any atom is -0.399 e. The molecule has 3 nitrogen and oxygen atoms in total. The monoisotopic (exact) mass is 236 g/mol. The number of anilines is 1. The summed E-state index contributed by atoms with van der Waals surface area (Å²) in [5.41, 5.74) is 7.84. The van der Waals surface area contributed by atoms with Crippen LogP contribution in [-0.4, -0.2) is 37.7 Å². The molecule has 1 aromatic rings. The maximum Gasteiger partial charge on any atom is 0.0593 e. The van der Waals surface area contributed by atoms with Crippen LogP contribution in [-0.2, 0) is 11.2 Å². The Morgan fingerprint density at radius 2 is 1.82 bits per heavy atom. The van der Waals surface area contributed by atoms with Crippen LogP contribution in [0.2, 0.25) is 0 Å². The lowest BCUT2D eigenvalue weighted by molar-refractivity contribution is 0.116. The van der Waals surface area contributed by atoms with E-state index in [1.54, 1.807) is 0 Å². The maximum atomic E-state index is 5.66. The summed E-state index contributed by atoms with van der Waals surface area (Å²) in [6, 6.07) is 8.13. The second-order valence-corrected chi connectivity index (χ2v) is 4.12. The number of likely N-dealkylation sites (N-methyl/N-ethyl adjacent to an activating group) is 1. The Balaban J connectivity index is 2.29. The Morgan fingerprint density at radius 1 is 1.12 bits per heavy atom. The third-order valence-electron chi connectivity index (χ3n) is 2.90. The van der Waals surface area contributed by atoms with Crippen LogP contribution in [0.4, 0.5) is 5.69 Å². The number of hydrogen-bond acceptors (Lipinski definition) is 3. The van der Waals surface area contributed by atoms with Crippen LogP contribution in [0.1, 0.15) is 19.4 Å². The Morgan fingerprint density at radius 3 is 2.41 bits per heavy atom. The van der Waals surface area contributed by atoms with Crippen LogP contribution in [0.25, 0.3) is 0 Å². The highest BCUT2D eigenvalue weighted by Crippen LogP contribution is 2.06. The highest BCUT2D eigenvalue weighted by molar-refractivity contribution is 5.39. The number of ether oxygens (including phenoxy) is 1. The molecule has 0 aliphatic heterocycles. The first kappa shape index (κ1) is 14.0. The minimum atomic E-state index is 0.801. The van der Waals surface area contributed by atoms with Gasteiger partial charge in [0.2, 0.25) is 0 Å². The molecule has 0 saturated heterocycles. The molecule has 0 bridgehead atoms. The second kappa shape index (κ2) is 8.09. The molecule has 0 aliphatic rings. The van der Waals surface area contributed by atoms with Gasteiger partial charge < -0.3 is 15.4 Å². The molecule has 0 spiro atoms. The first-order valence-corrected chi connectivity index (χ1v) is 6.40. The van der Waals surface area contributed by atoms with Gasteiger partial charge >= 0.3 is 0 Å². The zero-order chi connectivity index (χ0) is 12.5. The highest BCUT2D eigenvalue weighted by atomic mass is 16.5. The van der Waals surface area contributed by atoms with E-state index in [1.165, 1.54) is 5.56 Å². The van der Waals surface area contributed by atoms with Gasteiger partial charge in [-0.05, 0) is 37.6 Å². The van der Waals surface area contributed by atoms with Gasteiger partial charge in [-0.2, -0.15) is 0 Å². The van der Waals surface area contributed by atoms with E-state index in [0.717, 1.165) is 45.0 Å². The van der Waals surface area contributed by atoms with Gasteiger partial charge in [-0.3, -0.25) is 0 Å². The van der Waals surface area contributed by atoms with E-state index in [9.17, 15) is 0 Å². The van der Waals surface area contributed by atoms with Gasteiger partial charge in [0.1, 0.15) is 0 Å². The number of rotatable bonds is 8. The summed E-state index contributed by atoms with van der Waals surface area (Å²) < 4.78 is 5.38. The lowest BCUT2D eigenvalue weighted by Crippen LogP contribution is -2.29. The molecule has 0 aromatic heterocycles. The predicted molar refractivity (Wildman–Crippen MR) is 73.2 cm³/mol. The summed E-state index contributed by atoms with van der Waals surface area (Å²) in [5.74, 6) is 0. The van der Waals surface area contributed by atoms with Crippen LogP contribution < -0.4 is 5.73 Å². The van der Waals surface area contributed by atoms with Crippen molar-refractivity contribution in [3.05, 3.63) is 29.8 Å². The normalized spacial score (nSPS) is 11.0. The van der Waals surface area contributed by atoms with Gasteiger partial charge in [0.15, 0.2) is 0 Å². The topological polar surface area (TPSA) is 38.5 Å². The van der Waals surface area contributed by atoms with Crippen molar-refractivity contribution in [3.8, 4) is 0 Å². The highest BCUT2D eigenvalue weighted by Gasteiger charge is 2.02. The van der Waals surface area contributed by atoms with Gasteiger partial charge in [-0.15, -0.1) is 0 Å². The standard InChI is InChI=1S/C14H24N2O/c1-3-16(11-12-17-4-2)10-9-13-5-7-14(15)8-6-13/h5-8H,3-4,9-12,15H2,1-2H3. The lowest BCUT2D eigenvalue weighted by atomic mass is 10.1. The average Bonchev–Trinajstić information content (AvgIpc) is 2.35. The Bertz CT molecular complexity index is 298. The Kier molecular flexibility index (Phi) is 6.67. The van der Waals surface area contributed by atoms with E-state index < -0.39 is 0 Å². The number of benzene rings is 1. The predicted octanol–water partition coefficient (Wildman–Crippen LogP) is 2.17. The molecule has 0 heterocycles. The first-order chi connectivity index (χ1) is 8.26.